The molecule has 3 aliphatic rings. The minimum Gasteiger partial charge on any atom is -0.481 e. The number of benzene rings is 1. The third kappa shape index (κ3) is 5.06. The summed E-state index contributed by atoms with van der Waals surface area (Å²) in [4.78, 5) is 34.6. The van der Waals surface area contributed by atoms with Crippen LogP contribution in [-0.4, -0.2) is 76.1 Å². The molecule has 3 N–H and O–H groups in total. The fourth-order valence-electron chi connectivity index (χ4n) is 4.99. The van der Waals surface area contributed by atoms with E-state index in [0.29, 0.717) is 43.1 Å². The highest BCUT2D eigenvalue weighted by molar-refractivity contribution is 8.14. The summed E-state index contributed by atoms with van der Waals surface area (Å²) in [6, 6.07) is 5.90. The number of carboxylic acids is 1. The number of carbonyl (C=O) groups is 2. The van der Waals surface area contributed by atoms with Crippen LogP contribution in [-0.2, 0) is 14.3 Å². The van der Waals surface area contributed by atoms with Crippen LogP contribution in [0.2, 0.25) is 5.02 Å². The Kier molecular flexibility index (Phi) is 7.04. The summed E-state index contributed by atoms with van der Waals surface area (Å²) in [5.41, 5.74) is 2.82. The first-order valence-corrected chi connectivity index (χ1v) is 13.2. The number of nitrogens with zero attached hydrogens (tertiary/aromatic N) is 2. The minimum absolute atomic E-state index is 0.0465. The molecule has 8 nitrogen and oxygen atoms in total. The summed E-state index contributed by atoms with van der Waals surface area (Å²) in [6.45, 7) is 2.00. The lowest BCUT2D eigenvalue weighted by atomic mass is 9.97. The molecule has 1 saturated heterocycles. The lowest BCUT2D eigenvalue weighted by Crippen LogP contribution is -2.43. The maximum Gasteiger partial charge on any atom is 0.309 e. The van der Waals surface area contributed by atoms with Gasteiger partial charge in [-0.2, -0.15) is 0 Å². The molecule has 0 bridgehead atoms. The molecule has 182 valence electrons. The molecule has 3 heterocycles. The number of hydrogen-bond donors (Lipinski definition) is 3. The predicted octanol–water partition coefficient (Wildman–Crippen LogP) is 3.99. The number of nitrogens with one attached hydrogen (secondary N) is 2. The number of carbonyl (C=O) groups excluding carboxylic acids is 1. The first-order valence-electron chi connectivity index (χ1n) is 11.9. The molecule has 34 heavy (non-hydrogen) atoms. The van der Waals surface area contributed by atoms with Crippen molar-refractivity contribution in [3.63, 3.8) is 0 Å². The van der Waals surface area contributed by atoms with Crippen molar-refractivity contribution in [2.45, 2.75) is 44.2 Å². The van der Waals surface area contributed by atoms with Gasteiger partial charge in [0.25, 0.3) is 0 Å². The Labute approximate surface area is 207 Å². The van der Waals surface area contributed by atoms with Crippen molar-refractivity contribution in [2.24, 2.45) is 10.9 Å². The van der Waals surface area contributed by atoms with Crippen molar-refractivity contribution in [2.75, 3.05) is 37.4 Å². The number of ether oxygens (including phenoxy) is 1. The van der Waals surface area contributed by atoms with Crippen molar-refractivity contribution in [1.29, 1.82) is 0 Å². The molecule has 2 fully saturated rings. The number of morpholine rings is 1. The van der Waals surface area contributed by atoms with Crippen LogP contribution >= 0.6 is 23.4 Å². The largest absolute Gasteiger partial charge is 0.481 e. The minimum atomic E-state index is -0.983. The fraction of sp³-hybridized carbons (Fsp3) is 0.542. The monoisotopic (exact) mass is 504 g/mol. The molecule has 10 heteroatoms. The molecule has 1 aromatic heterocycles. The molecule has 1 saturated carbocycles. The third-order valence-electron chi connectivity index (χ3n) is 6.85. The van der Waals surface area contributed by atoms with Crippen molar-refractivity contribution < 1.29 is 19.4 Å². The molecule has 2 aliphatic heterocycles. The number of hydrogen-bond acceptors (Lipinski definition) is 6. The topological polar surface area (TPSA) is 107 Å². The standard InChI is InChI=1S/C24H29ClN4O4S/c25-15-9-14-10-19(27-22(14)18(11-15)26-16-3-1-2-4-16)23-28-20(13-34-23)17(24(31)32)12-21(30)29-5-7-33-8-6-29/h9-11,16-17,20,26-27H,1-8,12-13H2,(H,31,32)/t17?,20-/m0/s1. The van der Waals surface area contributed by atoms with Crippen molar-refractivity contribution in [1.82, 2.24) is 9.88 Å². The molecule has 0 spiro atoms. The van der Waals surface area contributed by atoms with E-state index in [9.17, 15) is 14.7 Å². The normalized spacial score (nSPS) is 22.2. The maximum absolute atomic E-state index is 12.7. The van der Waals surface area contributed by atoms with Crippen LogP contribution in [0.4, 0.5) is 5.69 Å². The molecule has 2 atom stereocenters. The van der Waals surface area contributed by atoms with Gasteiger partial charge in [-0.1, -0.05) is 24.4 Å². The quantitative estimate of drug-likeness (QED) is 0.526. The number of anilines is 1. The molecule has 1 aliphatic carbocycles. The van der Waals surface area contributed by atoms with E-state index in [1.807, 2.05) is 18.2 Å². The van der Waals surface area contributed by atoms with E-state index in [2.05, 4.69) is 10.3 Å². The Morgan fingerprint density at radius 3 is 2.76 bits per heavy atom. The average Bonchev–Trinajstić information content (AvgIpc) is 3.58. The van der Waals surface area contributed by atoms with Crippen LogP contribution in [0.5, 0.6) is 0 Å². The summed E-state index contributed by atoms with van der Waals surface area (Å²) in [5.74, 6) is -1.44. The van der Waals surface area contributed by atoms with Gasteiger partial charge in [0.15, 0.2) is 0 Å². The molecule has 1 amide bonds. The molecule has 1 unspecified atom stereocenters. The van der Waals surface area contributed by atoms with E-state index >= 15 is 0 Å². The first-order chi connectivity index (χ1) is 16.5. The Morgan fingerprint density at radius 2 is 2.03 bits per heavy atom. The number of amides is 1. The smallest absolute Gasteiger partial charge is 0.309 e. The molecule has 1 aromatic carbocycles. The van der Waals surface area contributed by atoms with Crippen LogP contribution in [0.25, 0.3) is 10.9 Å². The van der Waals surface area contributed by atoms with E-state index < -0.39 is 17.9 Å². The van der Waals surface area contributed by atoms with Crippen molar-refractivity contribution in [3.8, 4) is 0 Å². The summed E-state index contributed by atoms with van der Waals surface area (Å²) in [7, 11) is 0. The summed E-state index contributed by atoms with van der Waals surface area (Å²) < 4.78 is 5.29. The van der Waals surface area contributed by atoms with Gasteiger partial charge in [0.2, 0.25) is 5.91 Å². The van der Waals surface area contributed by atoms with Crippen molar-refractivity contribution >= 4 is 56.9 Å². The zero-order valence-corrected chi connectivity index (χ0v) is 20.5. The Morgan fingerprint density at radius 1 is 1.26 bits per heavy atom. The number of aliphatic carboxylic acids is 1. The molecular formula is C24H29ClN4O4S. The van der Waals surface area contributed by atoms with E-state index in [4.69, 9.17) is 21.3 Å². The van der Waals surface area contributed by atoms with Crippen LogP contribution in [0.15, 0.2) is 23.2 Å². The zero-order chi connectivity index (χ0) is 23.7. The van der Waals surface area contributed by atoms with Gasteiger partial charge in [-0.3, -0.25) is 14.6 Å². The van der Waals surface area contributed by atoms with Gasteiger partial charge in [-0.05, 0) is 31.0 Å². The molecule has 2 aromatic rings. The number of fused-ring (bicyclic) bond motifs is 1. The Balaban J connectivity index is 1.35. The van der Waals surface area contributed by atoms with Crippen LogP contribution in [0, 0.1) is 5.92 Å². The van der Waals surface area contributed by atoms with Crippen molar-refractivity contribution in [3.05, 3.63) is 28.9 Å². The van der Waals surface area contributed by atoms with Gasteiger partial charge in [-0.15, -0.1) is 11.8 Å². The second kappa shape index (κ2) is 10.2. The highest BCUT2D eigenvalue weighted by Crippen LogP contribution is 2.34. The van der Waals surface area contributed by atoms with E-state index in [1.54, 1.807) is 4.90 Å². The number of carboxylic acid groups (broad SMARTS) is 1. The summed E-state index contributed by atoms with van der Waals surface area (Å²) >= 11 is 7.92. The third-order valence-corrected chi connectivity index (χ3v) is 8.18. The van der Waals surface area contributed by atoms with Gasteiger partial charge in [0, 0.05) is 41.7 Å². The van der Waals surface area contributed by atoms with Gasteiger partial charge in [0.05, 0.1) is 42.1 Å². The lowest BCUT2D eigenvalue weighted by molar-refractivity contribution is -0.147. The average molecular weight is 505 g/mol. The SMILES string of the molecule is O=C(O)C(CC(=O)N1CCOCC1)[C@@H]1CSC(c2cc3cc(Cl)cc(NC4CCCC4)c3[nH]2)=N1. The molecular weight excluding hydrogens is 476 g/mol. The van der Waals surface area contributed by atoms with Crippen LogP contribution < -0.4 is 5.32 Å². The summed E-state index contributed by atoms with van der Waals surface area (Å²) in [5, 5.41) is 15.9. The van der Waals surface area contributed by atoms with Gasteiger partial charge >= 0.3 is 5.97 Å². The van der Waals surface area contributed by atoms with Gasteiger partial charge < -0.3 is 25.0 Å². The second-order valence-electron chi connectivity index (χ2n) is 9.18. The van der Waals surface area contributed by atoms with Gasteiger partial charge in [-0.25, -0.2) is 0 Å². The number of aliphatic imine (C=N–C) groups is 1. The Bertz CT molecular complexity index is 1110. The van der Waals surface area contributed by atoms with E-state index in [-0.39, 0.29) is 12.3 Å². The second-order valence-corrected chi connectivity index (χ2v) is 10.6. The van der Waals surface area contributed by atoms with Crippen LogP contribution in [0.3, 0.4) is 0 Å². The zero-order valence-electron chi connectivity index (χ0n) is 18.9. The predicted molar refractivity (Wildman–Crippen MR) is 135 cm³/mol. The number of H-pyrrole nitrogens is 1. The number of aromatic amines is 1. The fourth-order valence-corrected chi connectivity index (χ4v) is 6.32. The van der Waals surface area contributed by atoms with E-state index in [0.717, 1.165) is 40.2 Å². The number of aromatic nitrogens is 1. The first kappa shape index (κ1) is 23.5. The number of thioether (sulfide) groups is 1. The van der Waals surface area contributed by atoms with Crippen LogP contribution in [0.1, 0.15) is 37.8 Å². The summed E-state index contributed by atoms with van der Waals surface area (Å²) in [6.07, 6.45) is 4.75. The Hall–Kier alpha value is -2.23. The molecule has 5 rings (SSSR count). The maximum atomic E-state index is 12.7. The highest BCUT2D eigenvalue weighted by Gasteiger charge is 2.36. The molecule has 0 radical (unpaired) electrons. The van der Waals surface area contributed by atoms with Gasteiger partial charge in [0.1, 0.15) is 5.04 Å². The number of rotatable bonds is 7. The lowest BCUT2D eigenvalue weighted by Gasteiger charge is -2.28. The van der Waals surface area contributed by atoms with E-state index in [1.165, 1.54) is 24.6 Å². The number of halogens is 1. The highest BCUT2D eigenvalue weighted by atomic mass is 35.5.